The predicted molar refractivity (Wildman–Crippen MR) is 96.1 cm³/mol. The highest BCUT2D eigenvalue weighted by atomic mass is 79.9. The summed E-state index contributed by atoms with van der Waals surface area (Å²) in [6.07, 6.45) is 1.67. The molecule has 0 saturated carbocycles. The van der Waals surface area contributed by atoms with Gasteiger partial charge in [0.05, 0.1) is 11.0 Å². The first kappa shape index (κ1) is 15.5. The normalized spacial score (nSPS) is 10.7. The van der Waals surface area contributed by atoms with Crippen LogP contribution in [0.25, 0.3) is 22.4 Å². The molecule has 2 aromatic carbocycles. The summed E-state index contributed by atoms with van der Waals surface area (Å²) in [5.74, 6) is 0.721. The van der Waals surface area contributed by atoms with E-state index in [1.165, 1.54) is 0 Å². The summed E-state index contributed by atoms with van der Waals surface area (Å²) in [4.78, 5) is 16.8. The standard InChI is InChI=1S/C18H16BrN3O/c1-2-11-20-17(23)12-22-16-6-4-3-5-15(16)21-18(22)13-7-9-14(19)10-8-13/h2-10H,1,11-12H2,(H,20,23). The van der Waals surface area contributed by atoms with E-state index in [1.807, 2.05) is 53.1 Å². The topological polar surface area (TPSA) is 46.9 Å². The summed E-state index contributed by atoms with van der Waals surface area (Å²) in [7, 11) is 0. The van der Waals surface area contributed by atoms with Crippen LogP contribution in [0.2, 0.25) is 0 Å². The second-order valence-corrected chi connectivity index (χ2v) is 6.03. The van der Waals surface area contributed by atoms with Gasteiger partial charge >= 0.3 is 0 Å². The third-order valence-corrected chi connectivity index (χ3v) is 4.03. The van der Waals surface area contributed by atoms with Crippen molar-refractivity contribution in [2.24, 2.45) is 0 Å². The fourth-order valence-electron chi connectivity index (χ4n) is 2.44. The fourth-order valence-corrected chi connectivity index (χ4v) is 2.70. The molecule has 1 aromatic heterocycles. The maximum atomic E-state index is 12.1. The van der Waals surface area contributed by atoms with Gasteiger partial charge in [0.2, 0.25) is 5.91 Å². The minimum Gasteiger partial charge on any atom is -0.351 e. The number of aromatic nitrogens is 2. The Morgan fingerprint density at radius 1 is 1.22 bits per heavy atom. The lowest BCUT2D eigenvalue weighted by molar-refractivity contribution is -0.121. The molecule has 0 aliphatic rings. The molecule has 0 atom stereocenters. The van der Waals surface area contributed by atoms with Crippen LogP contribution in [0.4, 0.5) is 0 Å². The Hall–Kier alpha value is -2.40. The van der Waals surface area contributed by atoms with E-state index in [9.17, 15) is 4.79 Å². The molecular weight excluding hydrogens is 354 g/mol. The Kier molecular flexibility index (Phi) is 4.57. The summed E-state index contributed by atoms with van der Waals surface area (Å²) in [6, 6.07) is 15.7. The first-order chi connectivity index (χ1) is 11.2. The van der Waals surface area contributed by atoms with Crippen LogP contribution in [0, 0.1) is 0 Å². The zero-order chi connectivity index (χ0) is 16.2. The second kappa shape index (κ2) is 6.79. The predicted octanol–water partition coefficient (Wildman–Crippen LogP) is 3.77. The third kappa shape index (κ3) is 3.35. The summed E-state index contributed by atoms with van der Waals surface area (Å²) in [5.41, 5.74) is 2.79. The van der Waals surface area contributed by atoms with Crippen molar-refractivity contribution in [2.75, 3.05) is 6.54 Å². The van der Waals surface area contributed by atoms with E-state index in [2.05, 4.69) is 27.8 Å². The summed E-state index contributed by atoms with van der Waals surface area (Å²) < 4.78 is 2.95. The van der Waals surface area contributed by atoms with Crippen LogP contribution in [0.15, 0.2) is 65.7 Å². The van der Waals surface area contributed by atoms with Crippen molar-refractivity contribution in [3.8, 4) is 11.4 Å². The number of halogens is 1. The third-order valence-electron chi connectivity index (χ3n) is 3.50. The van der Waals surface area contributed by atoms with Crippen molar-refractivity contribution in [1.29, 1.82) is 0 Å². The van der Waals surface area contributed by atoms with E-state index in [1.54, 1.807) is 6.08 Å². The molecule has 0 spiro atoms. The first-order valence-electron chi connectivity index (χ1n) is 7.28. The van der Waals surface area contributed by atoms with Gasteiger partial charge in [0.15, 0.2) is 0 Å². The summed E-state index contributed by atoms with van der Waals surface area (Å²) in [6.45, 7) is 4.29. The van der Waals surface area contributed by atoms with Crippen molar-refractivity contribution >= 4 is 32.9 Å². The van der Waals surface area contributed by atoms with Gasteiger partial charge in [0, 0.05) is 16.6 Å². The molecule has 0 aliphatic heterocycles. The van der Waals surface area contributed by atoms with Gasteiger partial charge < -0.3 is 9.88 Å². The lowest BCUT2D eigenvalue weighted by atomic mass is 10.2. The Morgan fingerprint density at radius 2 is 1.96 bits per heavy atom. The Bertz CT molecular complexity index is 852. The van der Waals surface area contributed by atoms with Crippen molar-refractivity contribution in [2.45, 2.75) is 6.54 Å². The molecule has 0 saturated heterocycles. The molecule has 4 nitrogen and oxygen atoms in total. The Morgan fingerprint density at radius 3 is 2.70 bits per heavy atom. The smallest absolute Gasteiger partial charge is 0.240 e. The summed E-state index contributed by atoms with van der Waals surface area (Å²) >= 11 is 3.44. The number of para-hydroxylation sites is 2. The van der Waals surface area contributed by atoms with Gasteiger partial charge in [0.25, 0.3) is 0 Å². The van der Waals surface area contributed by atoms with Crippen molar-refractivity contribution in [3.05, 3.63) is 65.7 Å². The Labute approximate surface area is 143 Å². The molecule has 0 fully saturated rings. The number of nitrogens with one attached hydrogen (secondary N) is 1. The molecular formula is C18H16BrN3O. The lowest BCUT2D eigenvalue weighted by Gasteiger charge is -2.09. The zero-order valence-electron chi connectivity index (χ0n) is 12.5. The number of fused-ring (bicyclic) bond motifs is 1. The zero-order valence-corrected chi connectivity index (χ0v) is 14.1. The van der Waals surface area contributed by atoms with Crippen LogP contribution in [-0.4, -0.2) is 22.0 Å². The molecule has 3 aromatic rings. The van der Waals surface area contributed by atoms with Gasteiger partial charge in [-0.15, -0.1) is 6.58 Å². The van der Waals surface area contributed by atoms with Crippen LogP contribution in [0.3, 0.4) is 0 Å². The molecule has 0 radical (unpaired) electrons. The molecule has 3 rings (SSSR count). The quantitative estimate of drug-likeness (QED) is 0.695. The number of nitrogens with zero attached hydrogens (tertiary/aromatic N) is 2. The number of hydrogen-bond donors (Lipinski definition) is 1. The second-order valence-electron chi connectivity index (χ2n) is 5.11. The minimum atomic E-state index is -0.0635. The molecule has 1 amide bonds. The van der Waals surface area contributed by atoms with Crippen molar-refractivity contribution < 1.29 is 4.79 Å². The highest BCUT2D eigenvalue weighted by Crippen LogP contribution is 2.25. The minimum absolute atomic E-state index is 0.0635. The van der Waals surface area contributed by atoms with E-state index < -0.39 is 0 Å². The number of imidazole rings is 1. The number of benzene rings is 2. The van der Waals surface area contributed by atoms with E-state index >= 15 is 0 Å². The molecule has 1 heterocycles. The molecule has 116 valence electrons. The van der Waals surface area contributed by atoms with E-state index in [4.69, 9.17) is 4.98 Å². The molecule has 23 heavy (non-hydrogen) atoms. The Balaban J connectivity index is 2.05. The number of rotatable bonds is 5. The molecule has 1 N–H and O–H groups in total. The van der Waals surface area contributed by atoms with Crippen LogP contribution in [0.1, 0.15) is 0 Å². The largest absolute Gasteiger partial charge is 0.351 e. The lowest BCUT2D eigenvalue weighted by Crippen LogP contribution is -2.27. The first-order valence-corrected chi connectivity index (χ1v) is 8.07. The highest BCUT2D eigenvalue weighted by Gasteiger charge is 2.14. The van der Waals surface area contributed by atoms with Gasteiger partial charge in [-0.05, 0) is 24.3 Å². The number of amides is 1. The maximum Gasteiger partial charge on any atom is 0.240 e. The maximum absolute atomic E-state index is 12.1. The molecule has 0 aliphatic carbocycles. The molecule has 0 bridgehead atoms. The average Bonchev–Trinajstić information content (AvgIpc) is 2.92. The van der Waals surface area contributed by atoms with Gasteiger partial charge in [-0.2, -0.15) is 0 Å². The number of carbonyl (C=O) groups excluding carboxylic acids is 1. The monoisotopic (exact) mass is 369 g/mol. The molecule has 0 unspecified atom stereocenters. The van der Waals surface area contributed by atoms with Crippen molar-refractivity contribution in [1.82, 2.24) is 14.9 Å². The van der Waals surface area contributed by atoms with E-state index in [-0.39, 0.29) is 12.5 Å². The van der Waals surface area contributed by atoms with Crippen molar-refractivity contribution in [3.63, 3.8) is 0 Å². The SMILES string of the molecule is C=CCNC(=O)Cn1c(-c2ccc(Br)cc2)nc2ccccc21. The average molecular weight is 370 g/mol. The number of carbonyl (C=O) groups is 1. The van der Waals surface area contributed by atoms with Gasteiger partial charge in [-0.3, -0.25) is 4.79 Å². The highest BCUT2D eigenvalue weighted by molar-refractivity contribution is 9.10. The van der Waals surface area contributed by atoms with Crippen LogP contribution < -0.4 is 5.32 Å². The number of hydrogen-bond acceptors (Lipinski definition) is 2. The van der Waals surface area contributed by atoms with Gasteiger partial charge in [-0.25, -0.2) is 4.98 Å². The van der Waals surface area contributed by atoms with Crippen LogP contribution in [0.5, 0.6) is 0 Å². The fraction of sp³-hybridized carbons (Fsp3) is 0.111. The van der Waals surface area contributed by atoms with Crippen LogP contribution >= 0.6 is 15.9 Å². The van der Waals surface area contributed by atoms with Gasteiger partial charge in [0.1, 0.15) is 12.4 Å². The van der Waals surface area contributed by atoms with Crippen LogP contribution in [-0.2, 0) is 11.3 Å². The molecule has 5 heteroatoms. The van der Waals surface area contributed by atoms with E-state index in [0.29, 0.717) is 6.54 Å². The summed E-state index contributed by atoms with van der Waals surface area (Å²) in [5, 5.41) is 2.81. The van der Waals surface area contributed by atoms with Gasteiger partial charge in [-0.1, -0.05) is 46.3 Å². The van der Waals surface area contributed by atoms with E-state index in [0.717, 1.165) is 26.9 Å².